The first-order chi connectivity index (χ1) is 22.9. The molecule has 0 aliphatic carbocycles. The SMILES string of the molecule is CONC(=O)Nc1ccc(-c2sc3c(c2CN(C)C)c(=O)n(-c2cccc(OC(F)C(F)F)n2)c(=O)n3Cc2c(F)cccc2F)cc1. The highest BCUT2D eigenvalue weighted by atomic mass is 32.1. The highest BCUT2D eigenvalue weighted by Gasteiger charge is 2.26. The number of rotatable bonds is 11. The number of hydrogen-bond acceptors (Lipinski definition) is 8. The molecule has 0 aliphatic heterocycles. The van der Waals surface area contributed by atoms with E-state index >= 15 is 0 Å². The Bertz CT molecular complexity index is 2060. The number of fused-ring (bicyclic) bond motifs is 1. The Morgan fingerprint density at radius 1 is 0.979 bits per heavy atom. The normalized spacial score (nSPS) is 12.1. The molecule has 17 heteroatoms. The summed E-state index contributed by atoms with van der Waals surface area (Å²) in [6.07, 6.45) is -6.53. The maximum atomic E-state index is 14.9. The van der Waals surface area contributed by atoms with Gasteiger partial charge in [0.25, 0.3) is 11.9 Å². The van der Waals surface area contributed by atoms with Gasteiger partial charge < -0.3 is 15.0 Å². The molecule has 2 amide bonds. The molecule has 11 nitrogen and oxygen atoms in total. The molecule has 2 aromatic carbocycles. The van der Waals surface area contributed by atoms with E-state index in [-0.39, 0.29) is 16.8 Å². The number of nitrogens with zero attached hydrogens (tertiary/aromatic N) is 4. The maximum absolute atomic E-state index is 14.9. The summed E-state index contributed by atoms with van der Waals surface area (Å²) in [5.41, 5.74) is 1.19. The van der Waals surface area contributed by atoms with Crippen LogP contribution in [0.1, 0.15) is 11.1 Å². The van der Waals surface area contributed by atoms with Gasteiger partial charge in [0, 0.05) is 28.7 Å². The first-order valence-electron chi connectivity index (χ1n) is 14.0. The Hall–Kier alpha value is -5.13. The summed E-state index contributed by atoms with van der Waals surface area (Å²) in [5, 5.41) is 2.59. The molecule has 0 radical (unpaired) electrons. The highest BCUT2D eigenvalue weighted by molar-refractivity contribution is 7.22. The van der Waals surface area contributed by atoms with Crippen molar-refractivity contribution in [3.63, 3.8) is 0 Å². The number of amides is 2. The van der Waals surface area contributed by atoms with Crippen LogP contribution in [0.4, 0.5) is 32.4 Å². The molecular weight excluding hydrogens is 663 g/mol. The van der Waals surface area contributed by atoms with E-state index in [2.05, 4.69) is 25.4 Å². The Kier molecular flexibility index (Phi) is 10.2. The van der Waals surface area contributed by atoms with Gasteiger partial charge in [0.2, 0.25) is 5.88 Å². The van der Waals surface area contributed by atoms with Crippen molar-refractivity contribution in [2.75, 3.05) is 26.5 Å². The molecule has 1 atom stereocenters. The summed E-state index contributed by atoms with van der Waals surface area (Å²) in [4.78, 5) is 51.1. The van der Waals surface area contributed by atoms with E-state index in [0.717, 1.165) is 40.2 Å². The molecule has 5 rings (SSSR count). The topological polar surface area (TPSA) is 120 Å². The summed E-state index contributed by atoms with van der Waals surface area (Å²) in [6.45, 7) is -0.470. The van der Waals surface area contributed by atoms with E-state index in [1.54, 1.807) is 43.3 Å². The van der Waals surface area contributed by atoms with Gasteiger partial charge in [-0.05, 0) is 55.6 Å². The predicted molar refractivity (Wildman–Crippen MR) is 168 cm³/mol. The van der Waals surface area contributed by atoms with E-state index < -0.39 is 65.5 Å². The number of thiophene rings is 1. The fourth-order valence-corrected chi connectivity index (χ4v) is 6.17. The average molecular weight is 691 g/mol. The van der Waals surface area contributed by atoms with E-state index in [0.29, 0.717) is 26.3 Å². The third kappa shape index (κ3) is 7.07. The number of hydroxylamine groups is 1. The highest BCUT2D eigenvalue weighted by Crippen LogP contribution is 2.38. The Labute approximate surface area is 272 Å². The van der Waals surface area contributed by atoms with Gasteiger partial charge in [-0.2, -0.15) is 9.37 Å². The number of alkyl halides is 3. The summed E-state index contributed by atoms with van der Waals surface area (Å²) in [7, 11) is 4.77. The monoisotopic (exact) mass is 690 g/mol. The largest absolute Gasteiger partial charge is 0.437 e. The first kappa shape index (κ1) is 34.2. The number of halogens is 5. The van der Waals surface area contributed by atoms with Crippen LogP contribution in [0.5, 0.6) is 5.88 Å². The molecular formula is C31H27F5N6O5S. The fourth-order valence-electron chi connectivity index (χ4n) is 4.87. The third-order valence-electron chi connectivity index (χ3n) is 6.89. The number of carbonyl (C=O) groups excluding carboxylic acids is 1. The number of benzene rings is 2. The second kappa shape index (κ2) is 14.3. The zero-order valence-electron chi connectivity index (χ0n) is 25.5. The molecule has 3 aromatic heterocycles. The molecule has 252 valence electrons. The summed E-state index contributed by atoms with van der Waals surface area (Å²) >= 11 is 1.03. The lowest BCUT2D eigenvalue weighted by molar-refractivity contribution is -0.0690. The summed E-state index contributed by atoms with van der Waals surface area (Å²) < 4.78 is 75.4. The molecule has 1 unspecified atom stereocenters. The molecule has 0 bridgehead atoms. The molecule has 48 heavy (non-hydrogen) atoms. The fraction of sp³-hybridized carbons (Fsp3) is 0.226. The van der Waals surface area contributed by atoms with E-state index in [1.165, 1.54) is 19.2 Å². The smallest absolute Gasteiger partial charge is 0.343 e. The molecule has 0 spiro atoms. The zero-order valence-corrected chi connectivity index (χ0v) is 26.3. The number of anilines is 1. The lowest BCUT2D eigenvalue weighted by Gasteiger charge is -2.15. The van der Waals surface area contributed by atoms with Crippen LogP contribution in [-0.2, 0) is 17.9 Å². The minimum atomic E-state index is -3.49. The van der Waals surface area contributed by atoms with Crippen LogP contribution in [-0.4, -0.2) is 59.0 Å². The van der Waals surface area contributed by atoms with Crippen molar-refractivity contribution in [3.8, 4) is 22.1 Å². The molecule has 0 fully saturated rings. The summed E-state index contributed by atoms with van der Waals surface area (Å²) in [5.74, 6) is -2.91. The van der Waals surface area contributed by atoms with Crippen molar-refractivity contribution < 1.29 is 36.3 Å². The van der Waals surface area contributed by atoms with Crippen molar-refractivity contribution >= 4 is 33.3 Å². The minimum Gasteiger partial charge on any atom is -0.437 e. The van der Waals surface area contributed by atoms with Crippen LogP contribution in [0.2, 0.25) is 0 Å². The van der Waals surface area contributed by atoms with Gasteiger partial charge >= 0.3 is 18.1 Å². The molecule has 2 N–H and O–H groups in total. The van der Waals surface area contributed by atoms with Gasteiger partial charge in [0.05, 0.1) is 19.0 Å². The number of urea groups is 1. The van der Waals surface area contributed by atoms with Gasteiger partial charge in [-0.25, -0.2) is 37.2 Å². The van der Waals surface area contributed by atoms with Crippen molar-refractivity contribution in [2.24, 2.45) is 0 Å². The number of aromatic nitrogens is 3. The number of nitrogens with one attached hydrogen (secondary N) is 2. The van der Waals surface area contributed by atoms with Gasteiger partial charge in [-0.1, -0.05) is 24.3 Å². The van der Waals surface area contributed by atoms with Crippen molar-refractivity contribution in [1.82, 2.24) is 24.5 Å². The van der Waals surface area contributed by atoms with Crippen LogP contribution < -0.4 is 26.8 Å². The minimum absolute atomic E-state index is 0.0193. The van der Waals surface area contributed by atoms with Crippen LogP contribution in [0, 0.1) is 11.6 Å². The van der Waals surface area contributed by atoms with Gasteiger partial charge in [0.15, 0.2) is 0 Å². The van der Waals surface area contributed by atoms with Gasteiger partial charge in [-0.15, -0.1) is 11.3 Å². The second-order valence-electron chi connectivity index (χ2n) is 10.5. The zero-order chi connectivity index (χ0) is 34.7. The Balaban J connectivity index is 1.78. The van der Waals surface area contributed by atoms with Crippen LogP contribution in [0.25, 0.3) is 26.5 Å². The molecule has 3 heterocycles. The number of hydrogen-bond donors (Lipinski definition) is 2. The third-order valence-corrected chi connectivity index (χ3v) is 8.20. The van der Waals surface area contributed by atoms with Crippen molar-refractivity contribution in [2.45, 2.75) is 25.9 Å². The number of ether oxygens (including phenoxy) is 1. The van der Waals surface area contributed by atoms with E-state index in [9.17, 15) is 36.3 Å². The second-order valence-corrected chi connectivity index (χ2v) is 11.5. The molecule has 0 saturated carbocycles. The molecule has 0 aliphatic rings. The Morgan fingerprint density at radius 2 is 1.65 bits per heavy atom. The van der Waals surface area contributed by atoms with Crippen LogP contribution >= 0.6 is 11.3 Å². The first-order valence-corrected chi connectivity index (χ1v) is 14.9. The van der Waals surface area contributed by atoms with Crippen LogP contribution in [0.3, 0.4) is 0 Å². The van der Waals surface area contributed by atoms with Crippen LogP contribution in [0.15, 0.2) is 70.3 Å². The van der Waals surface area contributed by atoms with Crippen molar-refractivity contribution in [3.05, 3.63) is 104 Å². The Morgan fingerprint density at radius 3 is 2.27 bits per heavy atom. The number of carbonyl (C=O) groups is 1. The quantitative estimate of drug-likeness (QED) is 0.143. The standard InChI is InChI=1S/C31H27F5N6O5S/c1-40(2)14-19-24-28(43)42(22-8-5-9-23(38-22)47-27(36)26(34)35)31(45)41(15-18-20(32)6-4-7-21(18)33)29(24)48-25(19)16-10-12-17(13-11-16)37-30(44)39-46-3/h4-13,26-27H,14-15H2,1-3H3,(H2,37,39,44). The summed E-state index contributed by atoms with van der Waals surface area (Å²) in [6, 6.07) is 12.6. The lowest BCUT2D eigenvalue weighted by atomic mass is 10.1. The van der Waals surface area contributed by atoms with Gasteiger partial charge in [0.1, 0.15) is 22.3 Å². The van der Waals surface area contributed by atoms with Gasteiger partial charge in [-0.3, -0.25) is 14.2 Å². The van der Waals surface area contributed by atoms with E-state index in [1.807, 2.05) is 0 Å². The van der Waals surface area contributed by atoms with E-state index in [4.69, 9.17) is 0 Å². The average Bonchev–Trinajstić information content (AvgIpc) is 3.39. The van der Waals surface area contributed by atoms with Crippen molar-refractivity contribution in [1.29, 1.82) is 0 Å². The predicted octanol–water partition coefficient (Wildman–Crippen LogP) is 5.29. The maximum Gasteiger partial charge on any atom is 0.343 e. The molecule has 5 aromatic rings. The lowest BCUT2D eigenvalue weighted by Crippen LogP contribution is -2.39. The number of pyridine rings is 1. The molecule has 0 saturated heterocycles.